The first-order chi connectivity index (χ1) is 8.13. The molecule has 0 bridgehead atoms. The summed E-state index contributed by atoms with van der Waals surface area (Å²) in [7, 11) is 0. The van der Waals surface area contributed by atoms with Gasteiger partial charge in [-0.05, 0) is 24.3 Å². The summed E-state index contributed by atoms with van der Waals surface area (Å²) in [5.41, 5.74) is 1.42. The minimum Gasteiger partial charge on any atom is -0.311 e. The molecule has 0 spiro atoms. The summed E-state index contributed by atoms with van der Waals surface area (Å²) in [5.74, 6) is 0.590. The third-order valence-electron chi connectivity index (χ3n) is 3.03. The van der Waals surface area contributed by atoms with Gasteiger partial charge in [0.25, 0.3) is 0 Å². The number of nitrogens with one attached hydrogen (secondary N) is 1. The monoisotopic (exact) mass is 231 g/mol. The van der Waals surface area contributed by atoms with Gasteiger partial charge in [0.05, 0.1) is 0 Å². The molecule has 17 heavy (non-hydrogen) atoms. The molecule has 0 saturated heterocycles. The third kappa shape index (κ3) is 5.18. The van der Waals surface area contributed by atoms with Crippen LogP contribution in [0, 0.1) is 0 Å². The van der Waals surface area contributed by atoms with E-state index < -0.39 is 0 Å². The quantitative estimate of drug-likeness (QED) is 0.696. The van der Waals surface area contributed by atoms with E-state index in [1.807, 2.05) is 6.08 Å². The lowest BCUT2D eigenvalue weighted by molar-refractivity contribution is 0.418. The van der Waals surface area contributed by atoms with E-state index in [9.17, 15) is 0 Å². The minimum atomic E-state index is 0.530. The Morgan fingerprint density at radius 3 is 2.35 bits per heavy atom. The minimum absolute atomic E-state index is 0.530. The van der Waals surface area contributed by atoms with Crippen LogP contribution in [0.5, 0.6) is 0 Å². The average molecular weight is 231 g/mol. The lowest BCUT2D eigenvalue weighted by Crippen LogP contribution is -2.35. The van der Waals surface area contributed by atoms with Crippen molar-refractivity contribution >= 4 is 0 Å². The van der Waals surface area contributed by atoms with Gasteiger partial charge in [-0.2, -0.15) is 0 Å². The molecule has 0 heterocycles. The zero-order valence-corrected chi connectivity index (χ0v) is 11.3. The highest BCUT2D eigenvalue weighted by atomic mass is 14.9. The highest BCUT2D eigenvalue weighted by Crippen LogP contribution is 2.21. The fourth-order valence-electron chi connectivity index (χ4n) is 2.25. The lowest BCUT2D eigenvalue weighted by atomic mass is 9.92. The first-order valence-electron chi connectivity index (χ1n) is 6.55. The molecule has 1 aromatic rings. The Kier molecular flexibility index (Phi) is 5.99. The maximum atomic E-state index is 3.85. The normalized spacial score (nSPS) is 14.6. The van der Waals surface area contributed by atoms with Crippen LogP contribution in [0.25, 0.3) is 0 Å². The predicted molar refractivity (Wildman–Crippen MR) is 76.3 cm³/mol. The molecule has 0 amide bonds. The van der Waals surface area contributed by atoms with Crippen LogP contribution >= 0.6 is 0 Å². The Hall–Kier alpha value is -1.08. The first kappa shape index (κ1) is 14.0. The van der Waals surface area contributed by atoms with Crippen molar-refractivity contribution < 1.29 is 0 Å². The average Bonchev–Trinajstić information content (AvgIpc) is 2.29. The molecule has 0 fully saturated rings. The first-order valence-corrected chi connectivity index (χ1v) is 6.55. The summed E-state index contributed by atoms with van der Waals surface area (Å²) in [6.07, 6.45) is 4.21. The molecule has 2 unspecified atom stereocenters. The SMILES string of the molecule is C=CCC(CC(C)c1ccccc1)NC(C)C. The largest absolute Gasteiger partial charge is 0.311 e. The van der Waals surface area contributed by atoms with Crippen LogP contribution in [0.1, 0.15) is 45.1 Å². The van der Waals surface area contributed by atoms with E-state index >= 15 is 0 Å². The van der Waals surface area contributed by atoms with Crippen LogP contribution in [-0.4, -0.2) is 12.1 Å². The van der Waals surface area contributed by atoms with E-state index in [-0.39, 0.29) is 0 Å². The molecule has 1 rings (SSSR count). The molecule has 0 saturated carbocycles. The second kappa shape index (κ2) is 7.29. The van der Waals surface area contributed by atoms with E-state index in [2.05, 4.69) is 63.0 Å². The van der Waals surface area contributed by atoms with Crippen LogP contribution in [0.15, 0.2) is 43.0 Å². The predicted octanol–water partition coefficient (Wildman–Crippen LogP) is 4.12. The molecule has 94 valence electrons. The summed E-state index contributed by atoms with van der Waals surface area (Å²) in [4.78, 5) is 0. The lowest BCUT2D eigenvalue weighted by Gasteiger charge is -2.23. The van der Waals surface area contributed by atoms with E-state index in [0.717, 1.165) is 12.8 Å². The van der Waals surface area contributed by atoms with Crippen LogP contribution in [-0.2, 0) is 0 Å². The molecule has 1 nitrogen and oxygen atoms in total. The van der Waals surface area contributed by atoms with Crippen LogP contribution in [0.3, 0.4) is 0 Å². The highest BCUT2D eigenvalue weighted by Gasteiger charge is 2.13. The topological polar surface area (TPSA) is 12.0 Å². The Morgan fingerprint density at radius 2 is 1.82 bits per heavy atom. The molecular weight excluding hydrogens is 206 g/mol. The molecule has 2 atom stereocenters. The second-order valence-electron chi connectivity index (χ2n) is 5.09. The van der Waals surface area contributed by atoms with Crippen molar-refractivity contribution in [2.45, 2.75) is 51.6 Å². The summed E-state index contributed by atoms with van der Waals surface area (Å²) < 4.78 is 0. The molecule has 1 aromatic carbocycles. The number of rotatable bonds is 7. The maximum Gasteiger partial charge on any atom is 0.0109 e. The van der Waals surface area contributed by atoms with Crippen molar-refractivity contribution in [2.24, 2.45) is 0 Å². The van der Waals surface area contributed by atoms with Gasteiger partial charge in [0.1, 0.15) is 0 Å². The zero-order chi connectivity index (χ0) is 12.7. The van der Waals surface area contributed by atoms with Gasteiger partial charge in [0, 0.05) is 12.1 Å². The van der Waals surface area contributed by atoms with Crippen LogP contribution in [0.2, 0.25) is 0 Å². The second-order valence-corrected chi connectivity index (χ2v) is 5.09. The van der Waals surface area contributed by atoms with Gasteiger partial charge in [-0.25, -0.2) is 0 Å². The standard InChI is InChI=1S/C16H25N/c1-5-9-16(17-13(2)3)12-14(4)15-10-7-6-8-11-15/h5-8,10-11,13-14,16-17H,1,9,12H2,2-4H3. The van der Waals surface area contributed by atoms with Gasteiger partial charge < -0.3 is 5.32 Å². The van der Waals surface area contributed by atoms with Crippen molar-refractivity contribution in [3.8, 4) is 0 Å². The van der Waals surface area contributed by atoms with E-state index in [1.165, 1.54) is 5.56 Å². The van der Waals surface area contributed by atoms with Gasteiger partial charge in [-0.1, -0.05) is 57.2 Å². The summed E-state index contributed by atoms with van der Waals surface area (Å²) >= 11 is 0. The molecule has 0 aliphatic rings. The van der Waals surface area contributed by atoms with Crippen LogP contribution < -0.4 is 5.32 Å². The molecule has 0 aliphatic heterocycles. The van der Waals surface area contributed by atoms with E-state index in [1.54, 1.807) is 0 Å². The number of hydrogen-bond donors (Lipinski definition) is 1. The van der Waals surface area contributed by atoms with Crippen molar-refractivity contribution in [3.05, 3.63) is 48.6 Å². The number of hydrogen-bond acceptors (Lipinski definition) is 1. The van der Waals surface area contributed by atoms with Gasteiger partial charge in [0.15, 0.2) is 0 Å². The Labute approximate surface area is 106 Å². The highest BCUT2D eigenvalue weighted by molar-refractivity contribution is 5.19. The number of benzene rings is 1. The molecule has 0 aliphatic carbocycles. The Balaban J connectivity index is 2.57. The molecule has 0 aromatic heterocycles. The van der Waals surface area contributed by atoms with Crippen LogP contribution in [0.4, 0.5) is 0 Å². The Bertz CT molecular complexity index is 316. The molecular formula is C16H25N. The van der Waals surface area contributed by atoms with Crippen molar-refractivity contribution in [3.63, 3.8) is 0 Å². The fraction of sp³-hybridized carbons (Fsp3) is 0.500. The molecule has 1 heteroatoms. The van der Waals surface area contributed by atoms with Gasteiger partial charge >= 0.3 is 0 Å². The van der Waals surface area contributed by atoms with E-state index in [4.69, 9.17) is 0 Å². The molecule has 0 radical (unpaired) electrons. The summed E-state index contributed by atoms with van der Waals surface area (Å²) in [6, 6.07) is 11.8. The fourth-order valence-corrected chi connectivity index (χ4v) is 2.25. The van der Waals surface area contributed by atoms with Gasteiger partial charge in [-0.3, -0.25) is 0 Å². The van der Waals surface area contributed by atoms with E-state index in [0.29, 0.717) is 18.0 Å². The third-order valence-corrected chi connectivity index (χ3v) is 3.03. The molecule has 1 N–H and O–H groups in total. The van der Waals surface area contributed by atoms with Gasteiger partial charge in [0.2, 0.25) is 0 Å². The van der Waals surface area contributed by atoms with Gasteiger partial charge in [-0.15, -0.1) is 6.58 Å². The maximum absolute atomic E-state index is 3.85. The summed E-state index contributed by atoms with van der Waals surface area (Å²) in [6.45, 7) is 10.5. The smallest absolute Gasteiger partial charge is 0.0109 e. The Morgan fingerprint density at radius 1 is 1.18 bits per heavy atom. The zero-order valence-electron chi connectivity index (χ0n) is 11.3. The van der Waals surface area contributed by atoms with Crippen molar-refractivity contribution in [1.82, 2.24) is 5.32 Å². The van der Waals surface area contributed by atoms with Crippen molar-refractivity contribution in [1.29, 1.82) is 0 Å². The van der Waals surface area contributed by atoms with Crippen molar-refractivity contribution in [2.75, 3.05) is 0 Å². The summed E-state index contributed by atoms with van der Waals surface area (Å²) in [5, 5.41) is 3.61.